The van der Waals surface area contributed by atoms with Crippen molar-refractivity contribution in [2.24, 2.45) is 0 Å². The van der Waals surface area contributed by atoms with E-state index in [2.05, 4.69) is 20.5 Å². The Bertz CT molecular complexity index is 628. The van der Waals surface area contributed by atoms with Gasteiger partial charge in [-0.3, -0.25) is 4.79 Å². The van der Waals surface area contributed by atoms with Gasteiger partial charge in [0.1, 0.15) is 11.4 Å². The van der Waals surface area contributed by atoms with E-state index in [1.54, 1.807) is 27.0 Å². The van der Waals surface area contributed by atoms with Crippen LogP contribution in [0.5, 0.6) is 0 Å². The first kappa shape index (κ1) is 21.0. The third kappa shape index (κ3) is 7.82. The average Bonchev–Trinajstić information content (AvgIpc) is 2.59. The van der Waals surface area contributed by atoms with Gasteiger partial charge in [-0.15, -0.1) is 0 Å². The molecular weight excluding hydrogens is 348 g/mol. The Morgan fingerprint density at radius 1 is 1.33 bits per heavy atom. The van der Waals surface area contributed by atoms with Gasteiger partial charge in [0.25, 0.3) is 0 Å². The molecule has 0 aliphatic carbocycles. The minimum atomic E-state index is -0.551. The summed E-state index contributed by atoms with van der Waals surface area (Å²) in [5.74, 6) is 0.777. The number of anilines is 1. The monoisotopic (exact) mass is 378 g/mol. The molecule has 8 nitrogen and oxygen atoms in total. The highest BCUT2D eigenvalue weighted by atomic mass is 16.6. The molecule has 1 atom stereocenters. The molecule has 2 rings (SSSR count). The minimum Gasteiger partial charge on any atom is -0.444 e. The fraction of sp³-hybridized carbons (Fsp3) is 0.632. The molecule has 8 heteroatoms. The van der Waals surface area contributed by atoms with Crippen LogP contribution in [-0.4, -0.2) is 54.9 Å². The van der Waals surface area contributed by atoms with Crippen molar-refractivity contribution in [2.45, 2.75) is 52.4 Å². The van der Waals surface area contributed by atoms with E-state index in [0.717, 1.165) is 24.5 Å². The van der Waals surface area contributed by atoms with Gasteiger partial charge in [0.2, 0.25) is 5.91 Å². The Kier molecular flexibility index (Phi) is 7.41. The summed E-state index contributed by atoms with van der Waals surface area (Å²) in [6.45, 7) is 10.4. The number of aromatic nitrogens is 1. The summed E-state index contributed by atoms with van der Waals surface area (Å²) in [4.78, 5) is 30.1. The maximum atomic E-state index is 11.9. The zero-order valence-corrected chi connectivity index (χ0v) is 16.6. The topological polar surface area (TPSA) is 92.8 Å². The zero-order valence-electron chi connectivity index (χ0n) is 16.6. The van der Waals surface area contributed by atoms with E-state index in [9.17, 15) is 9.59 Å². The van der Waals surface area contributed by atoms with Crippen molar-refractivity contribution in [3.8, 4) is 0 Å². The number of ether oxygens (including phenoxy) is 2. The number of hydrogen-bond donors (Lipinski definition) is 2. The number of amides is 2. The number of nitrogens with one attached hydrogen (secondary N) is 2. The molecule has 1 aliphatic heterocycles. The molecule has 0 bridgehead atoms. The molecule has 1 unspecified atom stereocenters. The molecule has 27 heavy (non-hydrogen) atoms. The van der Waals surface area contributed by atoms with Crippen LogP contribution in [0.15, 0.2) is 18.3 Å². The molecular formula is C19H30N4O4. The largest absolute Gasteiger partial charge is 0.444 e. The smallest absolute Gasteiger partial charge is 0.407 e. The van der Waals surface area contributed by atoms with Crippen molar-refractivity contribution >= 4 is 17.8 Å². The molecule has 150 valence electrons. The lowest BCUT2D eigenvalue weighted by Crippen LogP contribution is -2.41. The fourth-order valence-electron chi connectivity index (χ4n) is 2.62. The van der Waals surface area contributed by atoms with Crippen LogP contribution in [0.4, 0.5) is 10.6 Å². The number of morpholine rings is 1. The summed E-state index contributed by atoms with van der Waals surface area (Å²) >= 11 is 0. The van der Waals surface area contributed by atoms with Gasteiger partial charge in [0.05, 0.1) is 12.7 Å². The van der Waals surface area contributed by atoms with Gasteiger partial charge in [0.15, 0.2) is 0 Å². The molecule has 2 amide bonds. The quantitative estimate of drug-likeness (QED) is 0.785. The van der Waals surface area contributed by atoms with Gasteiger partial charge in [-0.05, 0) is 39.3 Å². The second-order valence-corrected chi connectivity index (χ2v) is 7.61. The van der Waals surface area contributed by atoms with E-state index in [4.69, 9.17) is 9.47 Å². The Morgan fingerprint density at radius 2 is 2.11 bits per heavy atom. The van der Waals surface area contributed by atoms with Crippen LogP contribution in [0.1, 0.15) is 39.7 Å². The first-order valence-electron chi connectivity index (χ1n) is 9.28. The minimum absolute atomic E-state index is 0.142. The molecule has 0 spiro atoms. The van der Waals surface area contributed by atoms with Crippen LogP contribution in [0.2, 0.25) is 0 Å². The number of alkyl carbamates (subject to hydrolysis) is 1. The zero-order chi connectivity index (χ0) is 19.9. The molecule has 1 aliphatic rings. The predicted molar refractivity (Wildman–Crippen MR) is 103 cm³/mol. The first-order chi connectivity index (χ1) is 12.7. The van der Waals surface area contributed by atoms with Crippen LogP contribution >= 0.6 is 0 Å². The van der Waals surface area contributed by atoms with Crippen LogP contribution in [-0.2, 0) is 20.8 Å². The summed E-state index contributed by atoms with van der Waals surface area (Å²) in [5.41, 5.74) is 0.374. The normalized spacial score (nSPS) is 17.3. The number of pyridine rings is 1. The summed E-state index contributed by atoms with van der Waals surface area (Å²) in [5, 5.41) is 5.39. The molecule has 1 aromatic heterocycles. The molecule has 0 radical (unpaired) electrons. The summed E-state index contributed by atoms with van der Waals surface area (Å²) in [6.07, 6.45) is 1.65. The van der Waals surface area contributed by atoms with Crippen LogP contribution in [0, 0.1) is 0 Å². The van der Waals surface area contributed by atoms with Crippen molar-refractivity contribution in [1.82, 2.24) is 15.6 Å². The second-order valence-electron chi connectivity index (χ2n) is 7.61. The van der Waals surface area contributed by atoms with Crippen LogP contribution in [0.25, 0.3) is 0 Å². The fourth-order valence-corrected chi connectivity index (χ4v) is 2.62. The Hall–Kier alpha value is -2.35. The van der Waals surface area contributed by atoms with Gasteiger partial charge in [-0.1, -0.05) is 6.07 Å². The summed E-state index contributed by atoms with van der Waals surface area (Å²) in [6, 6.07) is 3.92. The lowest BCUT2D eigenvalue weighted by molar-refractivity contribution is -0.121. The molecule has 2 N–H and O–H groups in total. The highest BCUT2D eigenvalue weighted by molar-refractivity contribution is 5.77. The Morgan fingerprint density at radius 3 is 2.74 bits per heavy atom. The van der Waals surface area contributed by atoms with E-state index >= 15 is 0 Å². The molecule has 0 aromatic carbocycles. The van der Waals surface area contributed by atoms with Crippen molar-refractivity contribution < 1.29 is 19.1 Å². The average molecular weight is 378 g/mol. The van der Waals surface area contributed by atoms with E-state index in [1.165, 1.54) is 0 Å². The summed E-state index contributed by atoms with van der Waals surface area (Å²) < 4.78 is 10.7. The molecule has 1 aromatic rings. The Balaban J connectivity index is 1.68. The van der Waals surface area contributed by atoms with E-state index in [1.807, 2.05) is 19.1 Å². The van der Waals surface area contributed by atoms with Crippen LogP contribution < -0.4 is 15.5 Å². The van der Waals surface area contributed by atoms with E-state index < -0.39 is 11.7 Å². The van der Waals surface area contributed by atoms with Crippen molar-refractivity contribution in [1.29, 1.82) is 0 Å². The van der Waals surface area contributed by atoms with Crippen LogP contribution in [0.3, 0.4) is 0 Å². The second kappa shape index (κ2) is 9.55. The number of hydrogen-bond acceptors (Lipinski definition) is 6. The lowest BCUT2D eigenvalue weighted by Gasteiger charge is -2.32. The molecule has 2 heterocycles. The molecule has 1 fully saturated rings. The Labute approximate surface area is 160 Å². The van der Waals surface area contributed by atoms with Gasteiger partial charge < -0.3 is 25.0 Å². The SMILES string of the molecule is CC1CN(c2ccc(CNC(=O)CCNC(=O)OC(C)(C)C)cn2)CCO1. The van der Waals surface area contributed by atoms with E-state index in [-0.39, 0.29) is 25.0 Å². The van der Waals surface area contributed by atoms with Gasteiger partial charge in [-0.2, -0.15) is 0 Å². The highest BCUT2D eigenvalue weighted by Gasteiger charge is 2.18. The standard InChI is InChI=1S/C19H30N4O4/c1-14-13-23(9-10-26-14)16-6-5-15(11-21-16)12-22-17(24)7-8-20-18(25)27-19(2,3)4/h5-6,11,14H,7-10,12-13H2,1-4H3,(H,20,25)(H,22,24). The van der Waals surface area contributed by atoms with Gasteiger partial charge >= 0.3 is 6.09 Å². The number of nitrogens with zero attached hydrogens (tertiary/aromatic N) is 2. The maximum Gasteiger partial charge on any atom is 0.407 e. The first-order valence-corrected chi connectivity index (χ1v) is 9.28. The number of carbonyl (C=O) groups excluding carboxylic acids is 2. The number of rotatable bonds is 6. The van der Waals surface area contributed by atoms with Crippen molar-refractivity contribution in [3.05, 3.63) is 23.9 Å². The van der Waals surface area contributed by atoms with Gasteiger partial charge in [0, 0.05) is 38.8 Å². The molecule has 1 saturated heterocycles. The molecule has 0 saturated carbocycles. The highest BCUT2D eigenvalue weighted by Crippen LogP contribution is 2.15. The lowest BCUT2D eigenvalue weighted by atomic mass is 10.2. The number of carbonyl (C=O) groups is 2. The van der Waals surface area contributed by atoms with Crippen molar-refractivity contribution in [2.75, 3.05) is 31.1 Å². The maximum absolute atomic E-state index is 11.9. The summed E-state index contributed by atoms with van der Waals surface area (Å²) in [7, 11) is 0. The van der Waals surface area contributed by atoms with E-state index in [0.29, 0.717) is 13.2 Å². The third-order valence-corrected chi connectivity index (χ3v) is 3.88. The van der Waals surface area contributed by atoms with Crippen molar-refractivity contribution in [3.63, 3.8) is 0 Å². The van der Waals surface area contributed by atoms with Gasteiger partial charge in [-0.25, -0.2) is 9.78 Å². The third-order valence-electron chi connectivity index (χ3n) is 3.88. The predicted octanol–water partition coefficient (Wildman–Crippen LogP) is 1.84.